The van der Waals surface area contributed by atoms with Crippen LogP contribution in [0.1, 0.15) is 72.9 Å². The van der Waals surface area contributed by atoms with Crippen LogP contribution in [0.15, 0.2) is 36.4 Å². The Labute approximate surface area is 242 Å². The minimum atomic E-state index is -2.76. The number of nitrogens with one attached hydrogen (secondary N) is 2. The van der Waals surface area contributed by atoms with Gasteiger partial charge in [-0.2, -0.15) is 0 Å². The van der Waals surface area contributed by atoms with Crippen molar-refractivity contribution in [2.24, 2.45) is 11.8 Å². The number of rotatable bonds is 1. The molecule has 2 aromatic carbocycles. The monoisotopic (exact) mass is 585 g/mol. The Morgan fingerprint density at radius 1 is 1.12 bits per heavy atom. The molecule has 9 heteroatoms. The van der Waals surface area contributed by atoms with Crippen molar-refractivity contribution < 1.29 is 18.9 Å². The van der Waals surface area contributed by atoms with Crippen LogP contribution in [0.3, 0.4) is 0 Å². The summed E-state index contributed by atoms with van der Waals surface area (Å²) >= 11 is 6.39. The lowest BCUT2D eigenvalue weighted by Gasteiger charge is -2.46. The number of ether oxygens (including phenoxy) is 1. The number of nitrogens with zero attached hydrogens (tertiary/aromatic N) is 1. The molecule has 1 fully saturated rings. The molecular weight excluding hydrogens is 546 g/mol. The zero-order chi connectivity index (χ0) is 27.9. The molecule has 1 saturated carbocycles. The molecule has 1 unspecified atom stereocenters. The molecule has 7 nitrogen and oxygen atoms in total. The average Bonchev–Trinajstić information content (AvgIpc) is 3.06. The summed E-state index contributed by atoms with van der Waals surface area (Å²) in [5.41, 5.74) is 6.38. The first-order chi connectivity index (χ1) is 19.3. The topological polar surface area (TPSA) is 90.9 Å². The van der Waals surface area contributed by atoms with Gasteiger partial charge in [0.05, 0.1) is 12.3 Å². The van der Waals surface area contributed by atoms with Gasteiger partial charge in [-0.05, 0) is 104 Å². The molecule has 0 aromatic heterocycles. The van der Waals surface area contributed by atoms with Crippen LogP contribution >= 0.6 is 11.6 Å². The molecule has 1 spiro atoms. The standard InChI is InChI=1S/C31H40ClN3O4S/c1-40(38)15-4-2-3-7-27(33-37)25-11-8-23(25)18-35-19-31(14-5-6-21-16-24(32)10-12-26(21)31)20-39-29-13-9-22(17-28(29)35)30(36)34-40/h9-10,12-13,16-17,23,25,27,33,37H,1-8,11,14-15,18-20H2,(H,34,36,38)/t23-,25+,27-,31-,40?/m0/s1. The second kappa shape index (κ2) is 11.2. The fourth-order valence-electron chi connectivity index (χ4n) is 7.42. The summed E-state index contributed by atoms with van der Waals surface area (Å²) in [6.07, 6.45) is 8.67. The third-order valence-corrected chi connectivity index (χ3v) is 11.4. The molecular formula is C31H40ClN3O4S. The maximum absolute atomic E-state index is 13.3. The quantitative estimate of drug-likeness (QED) is 0.318. The van der Waals surface area contributed by atoms with Crippen molar-refractivity contribution in [3.8, 4) is 5.75 Å². The smallest absolute Gasteiger partial charge is 0.262 e. The predicted molar refractivity (Wildman–Crippen MR) is 161 cm³/mol. The fraction of sp³-hybridized carbons (Fsp3) is 0.548. The first-order valence-corrected chi connectivity index (χ1v) is 16.9. The van der Waals surface area contributed by atoms with Crippen molar-refractivity contribution in [1.82, 2.24) is 10.2 Å². The van der Waals surface area contributed by atoms with Gasteiger partial charge in [0.2, 0.25) is 0 Å². The molecule has 2 aliphatic carbocycles. The molecule has 2 aromatic rings. The number of halogens is 1. The normalized spacial score (nSPS) is 32.6. The first kappa shape index (κ1) is 27.9. The van der Waals surface area contributed by atoms with E-state index in [0.717, 1.165) is 87.3 Å². The highest BCUT2D eigenvalue weighted by Crippen LogP contribution is 2.47. The van der Waals surface area contributed by atoms with E-state index >= 15 is 0 Å². The van der Waals surface area contributed by atoms with Gasteiger partial charge in [0.15, 0.2) is 0 Å². The summed E-state index contributed by atoms with van der Waals surface area (Å²) in [7, 11) is -2.76. The Hall–Kier alpha value is -2.26. The highest BCUT2D eigenvalue weighted by Gasteiger charge is 2.44. The van der Waals surface area contributed by atoms with Crippen molar-refractivity contribution >= 4 is 38.8 Å². The summed E-state index contributed by atoms with van der Waals surface area (Å²) in [6.45, 7) is 2.14. The Balaban J connectivity index is 1.41. The predicted octanol–water partition coefficient (Wildman–Crippen LogP) is 5.12. The van der Waals surface area contributed by atoms with Crippen LogP contribution in [-0.4, -0.2) is 52.7 Å². The Morgan fingerprint density at radius 2 is 2.00 bits per heavy atom. The SMILES string of the molecule is C=S1(=O)CCCCC[C@H](NO)[C@@H]2CC[C@H]2CN2C[C@@]3(CCCc4cc(Cl)ccc43)COc3ccc(cc32)C(=O)N1. The number of carbonyl (C=O) groups is 1. The molecule has 2 heterocycles. The van der Waals surface area contributed by atoms with Crippen LogP contribution in [0.2, 0.25) is 5.02 Å². The molecule has 40 heavy (non-hydrogen) atoms. The fourth-order valence-corrected chi connectivity index (χ4v) is 8.84. The van der Waals surface area contributed by atoms with E-state index in [-0.39, 0.29) is 17.4 Å². The van der Waals surface area contributed by atoms with Crippen LogP contribution in [0, 0.1) is 11.8 Å². The second-order valence-electron chi connectivity index (χ2n) is 12.3. The van der Waals surface area contributed by atoms with Crippen molar-refractivity contribution in [2.75, 3.05) is 30.3 Å². The first-order valence-electron chi connectivity index (χ1n) is 14.6. The minimum Gasteiger partial charge on any atom is -0.490 e. The van der Waals surface area contributed by atoms with Gasteiger partial charge in [-0.1, -0.05) is 30.5 Å². The third kappa shape index (κ3) is 5.48. The maximum Gasteiger partial charge on any atom is 0.262 e. The van der Waals surface area contributed by atoms with E-state index in [4.69, 9.17) is 16.3 Å². The highest BCUT2D eigenvalue weighted by atomic mass is 35.5. The molecule has 5 atom stereocenters. The van der Waals surface area contributed by atoms with E-state index in [1.165, 1.54) is 11.1 Å². The maximum atomic E-state index is 13.3. The van der Waals surface area contributed by atoms with Gasteiger partial charge in [0, 0.05) is 50.6 Å². The van der Waals surface area contributed by atoms with Gasteiger partial charge in [-0.25, -0.2) is 9.69 Å². The summed E-state index contributed by atoms with van der Waals surface area (Å²) in [5.74, 6) is 5.38. The van der Waals surface area contributed by atoms with Crippen LogP contribution in [0.25, 0.3) is 0 Å². The van der Waals surface area contributed by atoms with Gasteiger partial charge in [0.25, 0.3) is 5.91 Å². The van der Waals surface area contributed by atoms with E-state index in [0.29, 0.717) is 29.8 Å². The third-order valence-electron chi connectivity index (χ3n) is 9.68. The van der Waals surface area contributed by atoms with Crippen LogP contribution < -0.4 is 19.8 Å². The summed E-state index contributed by atoms with van der Waals surface area (Å²) in [4.78, 5) is 15.7. The van der Waals surface area contributed by atoms with Crippen molar-refractivity contribution in [3.63, 3.8) is 0 Å². The van der Waals surface area contributed by atoms with Crippen molar-refractivity contribution in [1.29, 1.82) is 0 Å². The van der Waals surface area contributed by atoms with Gasteiger partial charge in [0.1, 0.15) is 5.75 Å². The highest BCUT2D eigenvalue weighted by molar-refractivity contribution is 7.99. The minimum absolute atomic E-state index is 0.0380. The van der Waals surface area contributed by atoms with E-state index < -0.39 is 9.71 Å². The summed E-state index contributed by atoms with van der Waals surface area (Å²) in [6, 6.07) is 11.8. The number of aryl methyl sites for hydroxylation is 1. The molecule has 2 bridgehead atoms. The Bertz CT molecular complexity index is 1380. The average molecular weight is 586 g/mol. The van der Waals surface area contributed by atoms with Crippen LogP contribution in [0.4, 0.5) is 5.69 Å². The van der Waals surface area contributed by atoms with E-state index in [1.54, 1.807) is 6.07 Å². The van der Waals surface area contributed by atoms with Gasteiger partial charge in [-0.15, -0.1) is 0 Å². The van der Waals surface area contributed by atoms with E-state index in [9.17, 15) is 14.2 Å². The van der Waals surface area contributed by atoms with Crippen LogP contribution in [0.5, 0.6) is 5.75 Å². The Morgan fingerprint density at radius 3 is 2.80 bits per heavy atom. The Kier molecular flexibility index (Phi) is 7.81. The lowest BCUT2D eigenvalue weighted by atomic mass is 9.67. The van der Waals surface area contributed by atoms with Gasteiger partial charge in [-0.3, -0.25) is 9.52 Å². The number of hydrogen-bond donors (Lipinski definition) is 3. The zero-order valence-electron chi connectivity index (χ0n) is 23.0. The molecule has 0 saturated heterocycles. The number of anilines is 1. The van der Waals surface area contributed by atoms with Crippen molar-refractivity contribution in [2.45, 2.75) is 69.2 Å². The summed E-state index contributed by atoms with van der Waals surface area (Å²) < 4.78 is 22.4. The number of carbonyl (C=O) groups excluding carboxylic acids is 1. The van der Waals surface area contributed by atoms with Crippen LogP contribution in [-0.2, 0) is 21.5 Å². The number of hydroxylamine groups is 1. The van der Waals surface area contributed by atoms with Crippen molar-refractivity contribution in [3.05, 3.63) is 58.1 Å². The number of amides is 1. The molecule has 1 amide bonds. The largest absolute Gasteiger partial charge is 0.490 e. The molecule has 4 aliphatic rings. The zero-order valence-corrected chi connectivity index (χ0v) is 24.6. The molecule has 216 valence electrons. The molecule has 6 rings (SSSR count). The number of hydrogen-bond acceptors (Lipinski definition) is 6. The number of benzene rings is 2. The van der Waals surface area contributed by atoms with E-state index in [2.05, 4.69) is 33.1 Å². The lowest BCUT2D eigenvalue weighted by Crippen LogP contribution is -2.51. The molecule has 3 N–H and O–H groups in total. The molecule has 2 aliphatic heterocycles. The molecule has 0 radical (unpaired) electrons. The van der Waals surface area contributed by atoms with Gasteiger partial charge < -0.3 is 14.8 Å². The number of fused-ring (bicyclic) bond motifs is 4. The lowest BCUT2D eigenvalue weighted by molar-refractivity contribution is 0.0315. The second-order valence-corrected chi connectivity index (χ2v) is 15.0. The van der Waals surface area contributed by atoms with E-state index in [1.807, 2.05) is 18.2 Å². The van der Waals surface area contributed by atoms with Gasteiger partial charge >= 0.3 is 0 Å². The summed E-state index contributed by atoms with van der Waals surface area (Å²) in [5, 5.41) is 10.8.